The van der Waals surface area contributed by atoms with Crippen molar-refractivity contribution in [1.82, 2.24) is 10.2 Å². The molecule has 7 nitrogen and oxygen atoms in total. The smallest absolute Gasteiger partial charge is 0.264 e. The summed E-state index contributed by atoms with van der Waals surface area (Å²) in [6.07, 6.45) is 0.338. The van der Waals surface area contributed by atoms with Gasteiger partial charge in [0.05, 0.1) is 10.6 Å². The van der Waals surface area contributed by atoms with Crippen molar-refractivity contribution in [3.05, 3.63) is 93.5 Å². The number of nitrogens with one attached hydrogen (secondary N) is 1. The fourth-order valence-corrected chi connectivity index (χ4v) is 6.02. The maximum atomic E-state index is 13.9. The van der Waals surface area contributed by atoms with Gasteiger partial charge in [-0.2, -0.15) is 0 Å². The summed E-state index contributed by atoms with van der Waals surface area (Å²) in [5, 5.41) is 3.05. The predicted molar refractivity (Wildman–Crippen MR) is 152 cm³/mol. The number of carbonyl (C=O) groups is 2. The molecule has 0 aromatic heterocycles. The first-order valence-corrected chi connectivity index (χ1v) is 14.3. The molecule has 0 saturated heterocycles. The SMILES string of the molecule is CC[C@H](C(=O)NC)N(Cc1ccccc1C)C(=O)CN(c1cc(Cl)cc(Cl)c1)S(=O)(=O)c1ccc(C)cc1. The van der Waals surface area contributed by atoms with Gasteiger partial charge in [0.1, 0.15) is 12.6 Å². The number of nitrogens with zero attached hydrogens (tertiary/aromatic N) is 2. The molecule has 1 N–H and O–H groups in total. The molecule has 0 bridgehead atoms. The monoisotopic (exact) mass is 575 g/mol. The Hall–Kier alpha value is -3.07. The first kappa shape index (κ1) is 29.5. The zero-order valence-electron chi connectivity index (χ0n) is 21.7. The van der Waals surface area contributed by atoms with Crippen LogP contribution in [0.4, 0.5) is 5.69 Å². The van der Waals surface area contributed by atoms with Gasteiger partial charge < -0.3 is 10.2 Å². The minimum Gasteiger partial charge on any atom is -0.357 e. The first-order valence-electron chi connectivity index (χ1n) is 12.1. The van der Waals surface area contributed by atoms with Crippen molar-refractivity contribution in [3.63, 3.8) is 0 Å². The van der Waals surface area contributed by atoms with E-state index in [1.54, 1.807) is 19.1 Å². The van der Waals surface area contributed by atoms with Gasteiger partial charge in [0.15, 0.2) is 0 Å². The van der Waals surface area contributed by atoms with Gasteiger partial charge in [-0.25, -0.2) is 8.42 Å². The molecule has 10 heteroatoms. The fourth-order valence-electron chi connectivity index (χ4n) is 4.11. The Morgan fingerprint density at radius 3 is 2.11 bits per heavy atom. The highest BCUT2D eigenvalue weighted by molar-refractivity contribution is 7.92. The molecule has 0 aliphatic rings. The highest BCUT2D eigenvalue weighted by atomic mass is 35.5. The van der Waals surface area contributed by atoms with Crippen LogP contribution in [0.5, 0.6) is 0 Å². The number of hydrogen-bond acceptors (Lipinski definition) is 4. The van der Waals surface area contributed by atoms with E-state index in [1.807, 2.05) is 38.1 Å². The van der Waals surface area contributed by atoms with Crippen LogP contribution in [0.1, 0.15) is 30.0 Å². The van der Waals surface area contributed by atoms with Crippen molar-refractivity contribution < 1.29 is 18.0 Å². The number of rotatable bonds is 10. The highest BCUT2D eigenvalue weighted by Crippen LogP contribution is 2.30. The summed E-state index contributed by atoms with van der Waals surface area (Å²) < 4.78 is 28.7. The van der Waals surface area contributed by atoms with Crippen molar-refractivity contribution in [2.24, 2.45) is 0 Å². The molecule has 0 heterocycles. The number of carbonyl (C=O) groups excluding carboxylic acids is 2. The molecular weight excluding hydrogens is 545 g/mol. The molecule has 3 aromatic rings. The van der Waals surface area contributed by atoms with E-state index in [0.717, 1.165) is 21.0 Å². The molecule has 3 rings (SSSR count). The van der Waals surface area contributed by atoms with E-state index in [9.17, 15) is 18.0 Å². The van der Waals surface area contributed by atoms with Gasteiger partial charge in [0, 0.05) is 23.6 Å². The van der Waals surface area contributed by atoms with Gasteiger partial charge in [-0.3, -0.25) is 13.9 Å². The fraction of sp³-hybridized carbons (Fsp3) is 0.286. The minimum absolute atomic E-state index is 0.00999. The Kier molecular flexibility index (Phi) is 9.82. The second-order valence-electron chi connectivity index (χ2n) is 8.94. The predicted octanol–water partition coefficient (Wildman–Crippen LogP) is 5.36. The van der Waals surface area contributed by atoms with Crippen LogP contribution in [0.3, 0.4) is 0 Å². The van der Waals surface area contributed by atoms with E-state index in [1.165, 1.54) is 42.3 Å². The van der Waals surface area contributed by atoms with Crippen LogP contribution < -0.4 is 9.62 Å². The number of halogens is 2. The van der Waals surface area contributed by atoms with E-state index < -0.39 is 28.5 Å². The summed E-state index contributed by atoms with van der Waals surface area (Å²) in [6.45, 7) is 5.14. The van der Waals surface area contributed by atoms with Gasteiger partial charge in [0.25, 0.3) is 10.0 Å². The lowest BCUT2D eigenvalue weighted by Gasteiger charge is -2.33. The van der Waals surface area contributed by atoms with Gasteiger partial charge in [-0.05, 0) is 61.7 Å². The normalized spacial score (nSPS) is 12.1. The van der Waals surface area contributed by atoms with Crippen molar-refractivity contribution in [2.75, 3.05) is 17.9 Å². The first-order chi connectivity index (χ1) is 18.0. The quantitative estimate of drug-likeness (QED) is 0.352. The highest BCUT2D eigenvalue weighted by Gasteiger charge is 2.33. The van der Waals surface area contributed by atoms with E-state index >= 15 is 0 Å². The molecule has 0 aliphatic heterocycles. The molecule has 0 aliphatic carbocycles. The van der Waals surface area contributed by atoms with Crippen molar-refractivity contribution in [2.45, 2.75) is 44.7 Å². The number of likely N-dealkylation sites (N-methyl/N-ethyl adjacent to an activating group) is 1. The van der Waals surface area contributed by atoms with Gasteiger partial charge >= 0.3 is 0 Å². The lowest BCUT2D eigenvalue weighted by molar-refractivity contribution is -0.140. The Balaban J connectivity index is 2.11. The lowest BCUT2D eigenvalue weighted by atomic mass is 10.1. The minimum atomic E-state index is -4.20. The molecule has 0 radical (unpaired) electrons. The van der Waals surface area contributed by atoms with E-state index in [-0.39, 0.29) is 33.1 Å². The molecule has 0 saturated carbocycles. The van der Waals surface area contributed by atoms with E-state index in [4.69, 9.17) is 23.2 Å². The Bertz CT molecular complexity index is 1390. The molecule has 1 atom stereocenters. The summed E-state index contributed by atoms with van der Waals surface area (Å²) in [5.41, 5.74) is 2.82. The molecule has 0 spiro atoms. The number of amides is 2. The number of hydrogen-bond donors (Lipinski definition) is 1. The number of benzene rings is 3. The molecule has 0 unspecified atom stereocenters. The average molecular weight is 577 g/mol. The summed E-state index contributed by atoms with van der Waals surface area (Å²) in [4.78, 5) is 28.2. The second kappa shape index (κ2) is 12.7. The van der Waals surface area contributed by atoms with Crippen LogP contribution >= 0.6 is 23.2 Å². The summed E-state index contributed by atoms with van der Waals surface area (Å²) in [5.74, 6) is -0.885. The van der Waals surface area contributed by atoms with Crippen molar-refractivity contribution >= 4 is 50.7 Å². The topological polar surface area (TPSA) is 86.8 Å². The van der Waals surface area contributed by atoms with Gasteiger partial charge in [-0.1, -0.05) is 72.1 Å². The van der Waals surface area contributed by atoms with Gasteiger partial charge in [-0.15, -0.1) is 0 Å². The molecule has 2 amide bonds. The van der Waals surface area contributed by atoms with Crippen molar-refractivity contribution in [3.8, 4) is 0 Å². The van der Waals surface area contributed by atoms with E-state index in [0.29, 0.717) is 6.42 Å². The van der Waals surface area contributed by atoms with Crippen LogP contribution in [-0.4, -0.2) is 44.8 Å². The zero-order valence-corrected chi connectivity index (χ0v) is 24.1. The summed E-state index contributed by atoms with van der Waals surface area (Å²) in [7, 11) is -2.70. The molecule has 0 fully saturated rings. The lowest BCUT2D eigenvalue weighted by Crippen LogP contribution is -2.51. The number of sulfonamides is 1. The zero-order chi connectivity index (χ0) is 28.0. The third-order valence-electron chi connectivity index (χ3n) is 6.26. The molecule has 3 aromatic carbocycles. The Morgan fingerprint density at radius 1 is 0.947 bits per heavy atom. The van der Waals surface area contributed by atoms with Crippen LogP contribution in [0.15, 0.2) is 71.6 Å². The number of aryl methyl sites for hydroxylation is 2. The summed E-state index contributed by atoms with van der Waals surface area (Å²) in [6, 6.07) is 17.4. The maximum Gasteiger partial charge on any atom is 0.264 e. The standard InChI is InChI=1S/C28H31Cl2N3O4S/c1-5-26(28(35)31-4)32(17-21-9-7-6-8-20(21)3)27(34)18-33(24-15-22(29)14-23(30)16-24)38(36,37)25-12-10-19(2)11-13-25/h6-16,26H,5,17-18H2,1-4H3,(H,31,35)/t26-/m1/s1. The second-order valence-corrected chi connectivity index (χ2v) is 11.7. The molecule has 202 valence electrons. The molecule has 38 heavy (non-hydrogen) atoms. The van der Waals surface area contributed by atoms with Crippen LogP contribution in [0.2, 0.25) is 10.0 Å². The Morgan fingerprint density at radius 2 is 1.55 bits per heavy atom. The largest absolute Gasteiger partial charge is 0.357 e. The molecular formula is C28H31Cl2N3O4S. The third kappa shape index (κ3) is 6.87. The van der Waals surface area contributed by atoms with E-state index in [2.05, 4.69) is 5.32 Å². The van der Waals surface area contributed by atoms with Crippen LogP contribution in [0, 0.1) is 13.8 Å². The Labute approximate surface area is 234 Å². The van der Waals surface area contributed by atoms with Crippen LogP contribution in [0.25, 0.3) is 0 Å². The number of anilines is 1. The van der Waals surface area contributed by atoms with Gasteiger partial charge in [0.2, 0.25) is 11.8 Å². The average Bonchev–Trinajstić information content (AvgIpc) is 2.87. The maximum absolute atomic E-state index is 13.9. The third-order valence-corrected chi connectivity index (χ3v) is 8.48. The van der Waals surface area contributed by atoms with Crippen molar-refractivity contribution in [1.29, 1.82) is 0 Å². The van der Waals surface area contributed by atoms with Crippen LogP contribution in [-0.2, 0) is 26.2 Å². The summed E-state index contributed by atoms with van der Waals surface area (Å²) >= 11 is 12.4.